The number of fused-ring (bicyclic) bond motifs is 4. The Hall–Kier alpha value is -7.55. The molecule has 10 rings (SSSR count). The molecule has 2 heteroatoms. The van der Waals surface area contributed by atoms with Gasteiger partial charge >= 0.3 is 0 Å². The van der Waals surface area contributed by atoms with Gasteiger partial charge < -0.3 is 5.73 Å². The SMILES string of the molecule is CC1(C)c2ccccc2-c2c(-c3cccc(-c4ccc(/C(=C/Cc5ccc(-c6ccccc6)c(-c6ccccc6)c5)N=C(N)c5ccccc5)c5ccccc45)c3)cccc21. The maximum atomic E-state index is 6.82. The van der Waals surface area contributed by atoms with Gasteiger partial charge in [0, 0.05) is 16.5 Å². The van der Waals surface area contributed by atoms with Crippen LogP contribution in [0, 0.1) is 0 Å². The summed E-state index contributed by atoms with van der Waals surface area (Å²) in [4.78, 5) is 5.20. The lowest BCUT2D eigenvalue weighted by Gasteiger charge is -2.21. The monoisotopic (exact) mass is 782 g/mol. The van der Waals surface area contributed by atoms with E-state index in [0.717, 1.165) is 22.2 Å². The number of nitrogens with two attached hydrogens (primary N) is 1. The molecule has 0 amide bonds. The zero-order chi connectivity index (χ0) is 41.3. The number of hydrogen-bond donors (Lipinski definition) is 1. The molecule has 292 valence electrons. The maximum absolute atomic E-state index is 6.82. The lowest BCUT2D eigenvalue weighted by atomic mass is 9.82. The average molecular weight is 783 g/mol. The fraction of sp³-hybridized carbons (Fsp3) is 0.0678. The number of hydrogen-bond acceptors (Lipinski definition) is 1. The molecule has 0 radical (unpaired) electrons. The van der Waals surface area contributed by atoms with Crippen LogP contribution < -0.4 is 5.73 Å². The van der Waals surface area contributed by atoms with E-state index in [0.29, 0.717) is 12.3 Å². The van der Waals surface area contributed by atoms with E-state index in [1.807, 2.05) is 30.3 Å². The Morgan fingerprint density at radius 3 is 1.77 bits per heavy atom. The normalized spacial score (nSPS) is 13.2. The fourth-order valence-electron chi connectivity index (χ4n) is 9.30. The molecular formula is C59H46N2. The zero-order valence-corrected chi connectivity index (χ0v) is 34.5. The minimum Gasteiger partial charge on any atom is -0.383 e. The highest BCUT2D eigenvalue weighted by Crippen LogP contribution is 2.52. The molecule has 2 nitrogen and oxygen atoms in total. The molecule has 9 aromatic rings. The largest absolute Gasteiger partial charge is 0.383 e. The molecular weight excluding hydrogens is 737 g/mol. The van der Waals surface area contributed by atoms with Crippen LogP contribution >= 0.6 is 0 Å². The van der Waals surface area contributed by atoms with Gasteiger partial charge in [-0.05, 0) is 95.6 Å². The lowest BCUT2D eigenvalue weighted by Crippen LogP contribution is -2.14. The highest BCUT2D eigenvalue weighted by molar-refractivity contribution is 6.06. The summed E-state index contributed by atoms with van der Waals surface area (Å²) in [7, 11) is 0. The smallest absolute Gasteiger partial charge is 0.131 e. The molecule has 1 aliphatic carbocycles. The standard InChI is InChI=1S/C59H46N2/c1-59(2)54-30-15-14-28-52(54)57-48(29-17-31-55(57)59)45-25-16-24-44(39-45)47-35-36-51(50-27-13-12-26-49(47)50)56(61-58(60)43-22-10-5-11-23-43)37-33-40-32-34-46(41-18-6-3-7-19-41)53(38-40)42-20-8-4-9-21-42/h3-32,34-39H,33H2,1-2H3,(H2,60,61)/b56-37-. The van der Waals surface area contributed by atoms with Crippen molar-refractivity contribution < 1.29 is 0 Å². The first-order chi connectivity index (χ1) is 29.9. The maximum Gasteiger partial charge on any atom is 0.131 e. The fourth-order valence-corrected chi connectivity index (χ4v) is 9.30. The molecule has 0 unspecified atom stereocenters. The summed E-state index contributed by atoms with van der Waals surface area (Å²) in [5.74, 6) is 0.484. The topological polar surface area (TPSA) is 38.4 Å². The molecule has 0 heterocycles. The van der Waals surface area contributed by atoms with Gasteiger partial charge in [0.2, 0.25) is 0 Å². The molecule has 0 bridgehead atoms. The van der Waals surface area contributed by atoms with Gasteiger partial charge in [-0.15, -0.1) is 0 Å². The van der Waals surface area contributed by atoms with Gasteiger partial charge in [-0.3, -0.25) is 0 Å². The Labute approximate surface area is 359 Å². The van der Waals surface area contributed by atoms with Gasteiger partial charge in [-0.2, -0.15) is 0 Å². The first-order valence-corrected chi connectivity index (χ1v) is 21.1. The van der Waals surface area contributed by atoms with Gasteiger partial charge in [-0.25, -0.2) is 4.99 Å². The Morgan fingerprint density at radius 1 is 0.459 bits per heavy atom. The van der Waals surface area contributed by atoms with E-state index < -0.39 is 0 Å². The molecule has 0 aromatic heterocycles. The zero-order valence-electron chi connectivity index (χ0n) is 34.5. The van der Waals surface area contributed by atoms with Crippen LogP contribution in [0.25, 0.3) is 72.1 Å². The molecule has 0 saturated carbocycles. The van der Waals surface area contributed by atoms with Crippen molar-refractivity contribution in [1.82, 2.24) is 0 Å². The lowest BCUT2D eigenvalue weighted by molar-refractivity contribution is 0.660. The van der Waals surface area contributed by atoms with Gasteiger partial charge in [0.25, 0.3) is 0 Å². The number of benzene rings is 9. The van der Waals surface area contributed by atoms with Gasteiger partial charge in [-0.1, -0.05) is 226 Å². The predicted octanol–water partition coefficient (Wildman–Crippen LogP) is 14.8. The summed E-state index contributed by atoms with van der Waals surface area (Å²) >= 11 is 0. The Bertz CT molecular complexity index is 3120. The summed E-state index contributed by atoms with van der Waals surface area (Å²) in [5, 5.41) is 2.29. The van der Waals surface area contributed by atoms with Gasteiger partial charge in [0.1, 0.15) is 5.84 Å². The number of nitrogens with zero attached hydrogens (tertiary/aromatic N) is 1. The molecule has 61 heavy (non-hydrogen) atoms. The minimum atomic E-state index is -0.0566. The number of aliphatic imine (C=N–C) groups is 1. The molecule has 0 fully saturated rings. The summed E-state index contributed by atoms with van der Waals surface area (Å²) in [6.07, 6.45) is 2.91. The minimum absolute atomic E-state index is 0.0566. The second kappa shape index (κ2) is 15.9. The van der Waals surface area contributed by atoms with E-state index in [-0.39, 0.29) is 5.41 Å². The molecule has 2 N–H and O–H groups in total. The Kier molecular flexibility index (Phi) is 9.83. The summed E-state index contributed by atoms with van der Waals surface area (Å²) in [6.45, 7) is 4.69. The van der Waals surface area contributed by atoms with Crippen molar-refractivity contribution in [2.24, 2.45) is 10.7 Å². The molecule has 9 aromatic carbocycles. The highest BCUT2D eigenvalue weighted by Gasteiger charge is 2.36. The van der Waals surface area contributed by atoms with Crippen molar-refractivity contribution in [3.8, 4) is 55.6 Å². The van der Waals surface area contributed by atoms with Crippen molar-refractivity contribution in [3.63, 3.8) is 0 Å². The van der Waals surface area contributed by atoms with Crippen molar-refractivity contribution in [1.29, 1.82) is 0 Å². The third-order valence-corrected chi connectivity index (χ3v) is 12.4. The van der Waals surface area contributed by atoms with E-state index in [2.05, 4.69) is 202 Å². The van der Waals surface area contributed by atoms with Crippen LogP contribution in [-0.2, 0) is 11.8 Å². The first-order valence-electron chi connectivity index (χ1n) is 21.1. The van der Waals surface area contributed by atoms with Crippen LogP contribution in [0.4, 0.5) is 0 Å². The summed E-state index contributed by atoms with van der Waals surface area (Å²) < 4.78 is 0. The predicted molar refractivity (Wildman–Crippen MR) is 259 cm³/mol. The number of amidine groups is 1. The van der Waals surface area contributed by atoms with Crippen molar-refractivity contribution in [2.75, 3.05) is 0 Å². The molecule has 1 aliphatic rings. The van der Waals surface area contributed by atoms with E-state index >= 15 is 0 Å². The third-order valence-electron chi connectivity index (χ3n) is 12.4. The Morgan fingerprint density at radius 2 is 1.02 bits per heavy atom. The highest BCUT2D eigenvalue weighted by atomic mass is 14.9. The van der Waals surface area contributed by atoms with Crippen LogP contribution in [0.3, 0.4) is 0 Å². The average Bonchev–Trinajstić information content (AvgIpc) is 3.56. The summed E-state index contributed by atoms with van der Waals surface area (Å²) in [5.41, 5.74) is 25.8. The van der Waals surface area contributed by atoms with Crippen LogP contribution in [0.5, 0.6) is 0 Å². The van der Waals surface area contributed by atoms with E-state index in [4.69, 9.17) is 10.7 Å². The van der Waals surface area contributed by atoms with Gasteiger partial charge in [0.05, 0.1) is 5.70 Å². The van der Waals surface area contributed by atoms with E-state index in [1.165, 1.54) is 77.7 Å². The molecule has 0 atom stereocenters. The van der Waals surface area contributed by atoms with Crippen LogP contribution in [0.1, 0.15) is 41.7 Å². The van der Waals surface area contributed by atoms with Crippen LogP contribution in [-0.4, -0.2) is 5.84 Å². The third kappa shape index (κ3) is 7.07. The quantitative estimate of drug-likeness (QED) is 0.115. The van der Waals surface area contributed by atoms with Crippen molar-refractivity contribution >= 4 is 22.3 Å². The van der Waals surface area contributed by atoms with Crippen LogP contribution in [0.15, 0.2) is 223 Å². The second-order valence-electron chi connectivity index (χ2n) is 16.5. The van der Waals surface area contributed by atoms with E-state index in [9.17, 15) is 0 Å². The van der Waals surface area contributed by atoms with Crippen LogP contribution in [0.2, 0.25) is 0 Å². The van der Waals surface area contributed by atoms with Crippen molar-refractivity contribution in [2.45, 2.75) is 25.7 Å². The number of allylic oxidation sites excluding steroid dienone is 1. The van der Waals surface area contributed by atoms with Gasteiger partial charge in [0.15, 0.2) is 0 Å². The first kappa shape index (κ1) is 37.7. The van der Waals surface area contributed by atoms with Crippen molar-refractivity contribution in [3.05, 3.63) is 246 Å². The summed E-state index contributed by atoms with van der Waals surface area (Å²) in [6, 6.07) is 76.0. The number of rotatable bonds is 9. The van der Waals surface area contributed by atoms with E-state index in [1.54, 1.807) is 0 Å². The molecule has 0 spiro atoms. The molecule has 0 saturated heterocycles. The molecule has 0 aliphatic heterocycles. The Balaban J connectivity index is 1.08. The second-order valence-corrected chi connectivity index (χ2v) is 16.5.